The van der Waals surface area contributed by atoms with E-state index in [-0.39, 0.29) is 19.1 Å². The lowest BCUT2D eigenvalue weighted by atomic mass is 10.1. The number of nitrogens with zero attached hydrogens (tertiary/aromatic N) is 1. The summed E-state index contributed by atoms with van der Waals surface area (Å²) in [6, 6.07) is 17.9. The van der Waals surface area contributed by atoms with E-state index in [0.29, 0.717) is 26.3 Å². The Hall–Kier alpha value is -2.91. The van der Waals surface area contributed by atoms with Crippen LogP contribution in [0.15, 0.2) is 54.6 Å². The van der Waals surface area contributed by atoms with Crippen LogP contribution in [0.5, 0.6) is 5.75 Å². The molecular weight excluding hydrogens is 451 g/mol. The second-order valence-corrected chi connectivity index (χ2v) is 8.03. The van der Waals surface area contributed by atoms with Gasteiger partial charge in [-0.05, 0) is 42.5 Å². The number of halogens is 3. The van der Waals surface area contributed by atoms with Crippen molar-refractivity contribution in [3.05, 3.63) is 65.7 Å². The van der Waals surface area contributed by atoms with Gasteiger partial charge >= 0.3 is 18.1 Å². The molecule has 0 N–H and O–H groups in total. The van der Waals surface area contributed by atoms with Crippen molar-refractivity contribution in [2.75, 3.05) is 32.8 Å². The van der Waals surface area contributed by atoms with Crippen molar-refractivity contribution in [3.8, 4) is 5.75 Å². The van der Waals surface area contributed by atoms with Crippen LogP contribution in [0.25, 0.3) is 0 Å². The first-order chi connectivity index (χ1) is 16.3. The molecular formula is C25H28F3NO5. The molecule has 2 aromatic carbocycles. The van der Waals surface area contributed by atoms with Gasteiger partial charge in [0.2, 0.25) is 0 Å². The zero-order valence-electron chi connectivity index (χ0n) is 18.8. The molecule has 1 fully saturated rings. The topological polar surface area (TPSA) is 65.1 Å². The number of benzene rings is 2. The van der Waals surface area contributed by atoms with Crippen molar-refractivity contribution < 1.29 is 37.0 Å². The van der Waals surface area contributed by atoms with Crippen molar-refractivity contribution in [2.24, 2.45) is 0 Å². The Kier molecular flexibility index (Phi) is 9.47. The molecule has 0 saturated carbocycles. The van der Waals surface area contributed by atoms with Gasteiger partial charge in [-0.15, -0.1) is 0 Å². The van der Waals surface area contributed by atoms with Gasteiger partial charge in [0, 0.05) is 19.6 Å². The Labute approximate surface area is 196 Å². The lowest BCUT2D eigenvalue weighted by Gasteiger charge is -2.33. The zero-order valence-corrected chi connectivity index (χ0v) is 18.8. The number of morpholine rings is 1. The summed E-state index contributed by atoms with van der Waals surface area (Å²) in [6.07, 6.45) is -2.71. The number of esters is 2. The van der Waals surface area contributed by atoms with Crippen LogP contribution in [0.4, 0.5) is 13.2 Å². The van der Waals surface area contributed by atoms with Crippen molar-refractivity contribution in [3.63, 3.8) is 0 Å². The van der Waals surface area contributed by atoms with Crippen molar-refractivity contribution >= 4 is 11.9 Å². The summed E-state index contributed by atoms with van der Waals surface area (Å²) < 4.78 is 52.0. The molecule has 9 heteroatoms. The predicted molar refractivity (Wildman–Crippen MR) is 118 cm³/mol. The lowest BCUT2D eigenvalue weighted by molar-refractivity contribution is -0.202. The first-order valence-corrected chi connectivity index (χ1v) is 11.2. The summed E-state index contributed by atoms with van der Waals surface area (Å²) in [4.78, 5) is 24.1. The van der Waals surface area contributed by atoms with Gasteiger partial charge in [0.1, 0.15) is 5.75 Å². The molecule has 34 heavy (non-hydrogen) atoms. The first-order valence-electron chi connectivity index (χ1n) is 11.2. The third kappa shape index (κ3) is 8.46. The summed E-state index contributed by atoms with van der Waals surface area (Å²) in [7, 11) is 0. The van der Waals surface area contributed by atoms with E-state index in [1.54, 1.807) is 0 Å². The number of carbonyl (C=O) groups is 2. The number of hydrogen-bond acceptors (Lipinski definition) is 6. The molecule has 0 aromatic heterocycles. The molecule has 6 nitrogen and oxygen atoms in total. The van der Waals surface area contributed by atoms with E-state index in [4.69, 9.17) is 9.47 Å². The number of ether oxygens (including phenoxy) is 3. The minimum absolute atomic E-state index is 0.175. The molecule has 1 aliphatic heterocycles. The molecule has 3 rings (SSSR count). The Morgan fingerprint density at radius 2 is 1.76 bits per heavy atom. The van der Waals surface area contributed by atoms with Gasteiger partial charge in [0.15, 0.2) is 0 Å². The highest BCUT2D eigenvalue weighted by atomic mass is 19.4. The van der Waals surface area contributed by atoms with E-state index in [0.717, 1.165) is 30.6 Å². The van der Waals surface area contributed by atoms with Crippen LogP contribution >= 0.6 is 0 Å². The minimum Gasteiger partial charge on any atom is -0.494 e. The summed E-state index contributed by atoms with van der Waals surface area (Å²) in [5, 5.41) is 0. The molecule has 0 amide bonds. The fraction of sp³-hybridized carbons (Fsp3) is 0.440. The lowest BCUT2D eigenvalue weighted by Crippen LogP contribution is -2.39. The average Bonchev–Trinajstić information content (AvgIpc) is 2.83. The van der Waals surface area contributed by atoms with E-state index in [1.807, 2.05) is 47.4 Å². The monoisotopic (exact) mass is 479 g/mol. The maximum Gasteiger partial charge on any atom is 0.491 e. The number of rotatable bonds is 10. The molecule has 0 bridgehead atoms. The molecule has 0 aliphatic carbocycles. The summed E-state index contributed by atoms with van der Waals surface area (Å²) in [6.45, 7) is 2.23. The Morgan fingerprint density at radius 1 is 1.03 bits per heavy atom. The number of unbranched alkanes of at least 4 members (excludes halogenated alkanes) is 1. The highest BCUT2D eigenvalue weighted by Crippen LogP contribution is 2.25. The molecule has 1 heterocycles. The van der Waals surface area contributed by atoms with Crippen molar-refractivity contribution in [1.82, 2.24) is 4.90 Å². The molecule has 1 unspecified atom stereocenters. The van der Waals surface area contributed by atoms with Gasteiger partial charge < -0.3 is 14.2 Å². The van der Waals surface area contributed by atoms with Crippen LogP contribution in [0, 0.1) is 0 Å². The van der Waals surface area contributed by atoms with Gasteiger partial charge in [-0.25, -0.2) is 4.79 Å². The van der Waals surface area contributed by atoms with E-state index < -0.39 is 18.1 Å². The van der Waals surface area contributed by atoms with Gasteiger partial charge in [0.25, 0.3) is 0 Å². The van der Waals surface area contributed by atoms with E-state index in [2.05, 4.69) is 16.9 Å². The molecule has 1 saturated heterocycles. The number of hydrogen-bond donors (Lipinski definition) is 0. The molecule has 2 aromatic rings. The van der Waals surface area contributed by atoms with Crippen molar-refractivity contribution in [1.29, 1.82) is 0 Å². The molecule has 1 atom stereocenters. The molecule has 0 radical (unpaired) electrons. The largest absolute Gasteiger partial charge is 0.494 e. The molecule has 0 spiro atoms. The second kappa shape index (κ2) is 12.5. The van der Waals surface area contributed by atoms with Gasteiger partial charge in [-0.3, -0.25) is 9.69 Å². The summed E-state index contributed by atoms with van der Waals surface area (Å²) >= 11 is 0. The van der Waals surface area contributed by atoms with Crippen molar-refractivity contribution in [2.45, 2.75) is 38.0 Å². The van der Waals surface area contributed by atoms with E-state index in [9.17, 15) is 22.8 Å². The highest BCUT2D eigenvalue weighted by Gasteiger charge is 2.42. The van der Waals surface area contributed by atoms with Crippen LogP contribution in [0.3, 0.4) is 0 Å². The first kappa shape index (κ1) is 25.7. The fourth-order valence-electron chi connectivity index (χ4n) is 3.61. The van der Waals surface area contributed by atoms with E-state index in [1.165, 1.54) is 5.56 Å². The SMILES string of the molecule is O=C(CCN1CCOC(c2ccc(OCCCCc3ccccc3)cc2)C1)OC(=O)C(F)(F)F. The zero-order chi connectivity index (χ0) is 24.4. The smallest absolute Gasteiger partial charge is 0.491 e. The Balaban J connectivity index is 1.37. The van der Waals surface area contributed by atoms with Gasteiger partial charge in [-0.1, -0.05) is 42.5 Å². The average molecular weight is 479 g/mol. The van der Waals surface area contributed by atoms with Crippen LogP contribution in [-0.2, 0) is 25.5 Å². The normalized spacial score (nSPS) is 16.7. The number of aryl methyl sites for hydroxylation is 1. The van der Waals surface area contributed by atoms with Crippen LogP contribution in [0.1, 0.15) is 36.5 Å². The maximum atomic E-state index is 12.2. The third-order valence-corrected chi connectivity index (χ3v) is 5.44. The summed E-state index contributed by atoms with van der Waals surface area (Å²) in [5.41, 5.74) is 2.26. The third-order valence-electron chi connectivity index (χ3n) is 5.44. The quantitative estimate of drug-likeness (QED) is 0.284. The fourth-order valence-corrected chi connectivity index (χ4v) is 3.61. The maximum absolute atomic E-state index is 12.2. The number of carbonyl (C=O) groups excluding carboxylic acids is 2. The van der Waals surface area contributed by atoms with Crippen LogP contribution in [0.2, 0.25) is 0 Å². The van der Waals surface area contributed by atoms with Gasteiger partial charge in [-0.2, -0.15) is 13.2 Å². The number of alkyl halides is 3. The minimum atomic E-state index is -5.18. The highest BCUT2D eigenvalue weighted by molar-refractivity contribution is 5.88. The summed E-state index contributed by atoms with van der Waals surface area (Å²) in [5.74, 6) is -2.92. The standard InChI is InChI=1S/C25H28F3NO5/c26-25(27,28)24(31)34-23(30)13-14-29-15-17-33-22(18-29)20-9-11-21(12-10-20)32-16-5-4-8-19-6-2-1-3-7-19/h1-3,6-7,9-12,22H,4-5,8,13-18H2. The predicted octanol–water partition coefficient (Wildman–Crippen LogP) is 4.48. The Bertz CT molecular complexity index is 918. The van der Waals surface area contributed by atoms with Gasteiger partial charge in [0.05, 0.1) is 25.7 Å². The van der Waals surface area contributed by atoms with E-state index >= 15 is 0 Å². The molecule has 1 aliphatic rings. The van der Waals surface area contributed by atoms with Crippen LogP contribution in [-0.4, -0.2) is 55.9 Å². The Morgan fingerprint density at radius 3 is 2.47 bits per heavy atom. The second-order valence-electron chi connectivity index (χ2n) is 8.03. The van der Waals surface area contributed by atoms with Crippen LogP contribution < -0.4 is 4.74 Å². The molecule has 184 valence electrons.